The second-order valence-corrected chi connectivity index (χ2v) is 6.82. The van der Waals surface area contributed by atoms with E-state index in [9.17, 15) is 4.79 Å². The first-order chi connectivity index (χ1) is 9.04. The van der Waals surface area contributed by atoms with Gasteiger partial charge in [-0.1, -0.05) is 33.6 Å². The smallest absolute Gasteiger partial charge is 0.225 e. The Kier molecular flexibility index (Phi) is 4.88. The van der Waals surface area contributed by atoms with Crippen LogP contribution in [0.5, 0.6) is 0 Å². The summed E-state index contributed by atoms with van der Waals surface area (Å²) in [6.45, 7) is 6.72. The highest BCUT2D eigenvalue weighted by Crippen LogP contribution is 2.35. The monoisotopic (exact) mass is 266 g/mol. The summed E-state index contributed by atoms with van der Waals surface area (Å²) in [7, 11) is 0. The van der Waals surface area contributed by atoms with Crippen molar-refractivity contribution in [2.45, 2.75) is 71.4 Å². The Morgan fingerprint density at radius 1 is 1.21 bits per heavy atom. The second-order valence-electron chi connectivity index (χ2n) is 6.82. The fraction of sp³-hybridized carbons (Fsp3) is 0.938. The summed E-state index contributed by atoms with van der Waals surface area (Å²) in [5.74, 6) is 2.07. The lowest BCUT2D eigenvalue weighted by atomic mass is 9.76. The minimum atomic E-state index is 0.0293. The van der Waals surface area contributed by atoms with Crippen LogP contribution in [0.1, 0.15) is 59.3 Å². The van der Waals surface area contributed by atoms with E-state index in [1.165, 1.54) is 19.3 Å². The number of carbonyl (C=O) groups is 1. The van der Waals surface area contributed by atoms with E-state index in [1.54, 1.807) is 0 Å². The van der Waals surface area contributed by atoms with Crippen LogP contribution in [-0.2, 0) is 4.79 Å². The molecule has 0 saturated heterocycles. The highest BCUT2D eigenvalue weighted by molar-refractivity contribution is 5.80. The zero-order chi connectivity index (χ0) is 14.0. The maximum Gasteiger partial charge on any atom is 0.225 e. The summed E-state index contributed by atoms with van der Waals surface area (Å²) >= 11 is 0. The second kappa shape index (κ2) is 6.25. The lowest BCUT2D eigenvalue weighted by molar-refractivity contribution is -0.129. The molecule has 2 rings (SSSR count). The molecule has 0 bridgehead atoms. The van der Waals surface area contributed by atoms with E-state index < -0.39 is 0 Å². The highest BCUT2D eigenvalue weighted by Gasteiger charge is 2.38. The average Bonchev–Trinajstić information content (AvgIpc) is 2.70. The minimum absolute atomic E-state index is 0.0293. The van der Waals surface area contributed by atoms with Gasteiger partial charge in [0.15, 0.2) is 0 Å². The molecule has 0 aromatic rings. The van der Waals surface area contributed by atoms with Crippen LogP contribution >= 0.6 is 0 Å². The standard InChI is InChI=1S/C16H30N2O/c1-4-12-8-9-14(11(12)3)18-16(19)15-10(2)6-5-7-13(15)17/h10-15H,4-9,17H2,1-3H3,(H,18,19). The van der Waals surface area contributed by atoms with Gasteiger partial charge in [0.1, 0.15) is 0 Å². The van der Waals surface area contributed by atoms with Crippen LogP contribution < -0.4 is 11.1 Å². The molecule has 110 valence electrons. The molecule has 2 aliphatic carbocycles. The van der Waals surface area contributed by atoms with Crippen molar-refractivity contribution < 1.29 is 4.79 Å². The lowest BCUT2D eigenvalue weighted by Crippen LogP contribution is -2.50. The van der Waals surface area contributed by atoms with Crippen molar-refractivity contribution in [2.24, 2.45) is 29.4 Å². The molecule has 2 aliphatic rings. The third-order valence-corrected chi connectivity index (χ3v) is 5.65. The van der Waals surface area contributed by atoms with Crippen LogP contribution in [0, 0.1) is 23.7 Å². The van der Waals surface area contributed by atoms with E-state index in [4.69, 9.17) is 5.73 Å². The van der Waals surface area contributed by atoms with E-state index in [-0.39, 0.29) is 17.9 Å². The van der Waals surface area contributed by atoms with Gasteiger partial charge in [0.2, 0.25) is 5.91 Å². The van der Waals surface area contributed by atoms with Gasteiger partial charge in [-0.2, -0.15) is 0 Å². The number of nitrogens with two attached hydrogens (primary N) is 1. The number of hydrogen-bond donors (Lipinski definition) is 2. The Hall–Kier alpha value is -0.570. The first-order valence-corrected chi connectivity index (χ1v) is 8.10. The molecule has 0 aliphatic heterocycles. The van der Waals surface area contributed by atoms with Crippen LogP contribution in [0.4, 0.5) is 0 Å². The molecule has 0 radical (unpaired) electrons. The van der Waals surface area contributed by atoms with Gasteiger partial charge in [0.25, 0.3) is 0 Å². The molecule has 3 nitrogen and oxygen atoms in total. The Labute approximate surface area is 117 Å². The van der Waals surface area contributed by atoms with Gasteiger partial charge in [-0.15, -0.1) is 0 Å². The fourth-order valence-corrected chi connectivity index (χ4v) is 4.22. The van der Waals surface area contributed by atoms with Crippen molar-refractivity contribution in [1.82, 2.24) is 5.32 Å². The number of amides is 1. The quantitative estimate of drug-likeness (QED) is 0.825. The van der Waals surface area contributed by atoms with E-state index in [2.05, 4.69) is 26.1 Å². The summed E-state index contributed by atoms with van der Waals surface area (Å²) in [6.07, 6.45) is 6.94. The van der Waals surface area contributed by atoms with Crippen LogP contribution in [0.25, 0.3) is 0 Å². The maximum atomic E-state index is 12.5. The van der Waals surface area contributed by atoms with Crippen LogP contribution in [0.15, 0.2) is 0 Å². The van der Waals surface area contributed by atoms with Crippen molar-refractivity contribution in [3.05, 3.63) is 0 Å². The summed E-state index contributed by atoms with van der Waals surface area (Å²) in [4.78, 5) is 12.5. The Balaban J connectivity index is 1.93. The predicted octanol–water partition coefficient (Wildman–Crippen LogP) is 2.69. The largest absolute Gasteiger partial charge is 0.353 e. The summed E-state index contributed by atoms with van der Waals surface area (Å²) in [5, 5.41) is 3.30. The van der Waals surface area contributed by atoms with Crippen molar-refractivity contribution in [2.75, 3.05) is 0 Å². The van der Waals surface area contributed by atoms with E-state index in [0.29, 0.717) is 17.9 Å². The zero-order valence-electron chi connectivity index (χ0n) is 12.7. The van der Waals surface area contributed by atoms with Crippen LogP contribution in [0.3, 0.4) is 0 Å². The third-order valence-electron chi connectivity index (χ3n) is 5.65. The van der Waals surface area contributed by atoms with E-state index in [0.717, 1.165) is 25.2 Å². The summed E-state index contributed by atoms with van der Waals surface area (Å²) < 4.78 is 0. The van der Waals surface area contributed by atoms with Crippen molar-refractivity contribution in [3.8, 4) is 0 Å². The Morgan fingerprint density at radius 2 is 1.95 bits per heavy atom. The molecule has 2 fully saturated rings. The van der Waals surface area contributed by atoms with Crippen molar-refractivity contribution in [1.29, 1.82) is 0 Å². The highest BCUT2D eigenvalue weighted by atomic mass is 16.2. The molecule has 3 N–H and O–H groups in total. The Morgan fingerprint density at radius 3 is 2.53 bits per heavy atom. The van der Waals surface area contributed by atoms with E-state index in [1.807, 2.05) is 0 Å². The average molecular weight is 266 g/mol. The normalized spacial score (nSPS) is 43.2. The molecule has 1 amide bonds. The molecule has 0 aromatic heterocycles. The van der Waals surface area contributed by atoms with Gasteiger partial charge in [-0.3, -0.25) is 4.79 Å². The molecule has 0 aromatic carbocycles. The van der Waals surface area contributed by atoms with Crippen LogP contribution in [-0.4, -0.2) is 18.0 Å². The van der Waals surface area contributed by atoms with Gasteiger partial charge in [-0.25, -0.2) is 0 Å². The molecular weight excluding hydrogens is 236 g/mol. The number of rotatable bonds is 3. The Bertz CT molecular complexity index is 308. The molecule has 2 saturated carbocycles. The van der Waals surface area contributed by atoms with Gasteiger partial charge in [0, 0.05) is 12.1 Å². The third kappa shape index (κ3) is 3.13. The molecule has 0 heterocycles. The molecule has 19 heavy (non-hydrogen) atoms. The topological polar surface area (TPSA) is 55.1 Å². The molecule has 6 unspecified atom stereocenters. The molecule has 0 spiro atoms. The summed E-state index contributed by atoms with van der Waals surface area (Å²) in [5.41, 5.74) is 6.17. The fourth-order valence-electron chi connectivity index (χ4n) is 4.22. The molecule has 6 atom stereocenters. The number of hydrogen-bond acceptors (Lipinski definition) is 2. The first-order valence-electron chi connectivity index (χ1n) is 8.10. The first kappa shape index (κ1) is 14.8. The van der Waals surface area contributed by atoms with Crippen molar-refractivity contribution in [3.63, 3.8) is 0 Å². The lowest BCUT2D eigenvalue weighted by Gasteiger charge is -2.34. The van der Waals surface area contributed by atoms with E-state index >= 15 is 0 Å². The molecular formula is C16H30N2O. The van der Waals surface area contributed by atoms with Crippen LogP contribution in [0.2, 0.25) is 0 Å². The summed E-state index contributed by atoms with van der Waals surface area (Å²) in [6, 6.07) is 0.432. The minimum Gasteiger partial charge on any atom is -0.353 e. The van der Waals surface area contributed by atoms with Gasteiger partial charge in [0.05, 0.1) is 5.92 Å². The van der Waals surface area contributed by atoms with Gasteiger partial charge >= 0.3 is 0 Å². The predicted molar refractivity (Wildman–Crippen MR) is 78.6 cm³/mol. The molecule has 3 heteroatoms. The SMILES string of the molecule is CCC1CCC(NC(=O)C2C(C)CCCC2N)C1C. The van der Waals surface area contributed by atoms with Crippen molar-refractivity contribution >= 4 is 5.91 Å². The zero-order valence-corrected chi connectivity index (χ0v) is 12.7. The number of carbonyl (C=O) groups excluding carboxylic acids is 1. The number of nitrogens with one attached hydrogen (secondary N) is 1. The maximum absolute atomic E-state index is 12.5. The van der Waals surface area contributed by atoms with Gasteiger partial charge < -0.3 is 11.1 Å². The van der Waals surface area contributed by atoms with Gasteiger partial charge in [-0.05, 0) is 43.4 Å².